The Kier molecular flexibility index (Phi) is 2.49. The molecule has 0 saturated carbocycles. The fourth-order valence-electron chi connectivity index (χ4n) is 2.67. The third-order valence-corrected chi connectivity index (χ3v) is 4.67. The Morgan fingerprint density at radius 2 is 1.81 bits per heavy atom. The molecule has 0 saturated heterocycles. The SMILES string of the molecule is Cc1csc2cnc(CN3C(=O)c4ccccc4C3=O)n12. The molecule has 5 nitrogen and oxygen atoms in total. The Bertz CT molecular complexity index is 858. The zero-order chi connectivity index (χ0) is 14.6. The Morgan fingerprint density at radius 1 is 1.14 bits per heavy atom. The lowest BCUT2D eigenvalue weighted by Gasteiger charge is -2.12. The molecule has 1 aromatic carbocycles. The highest BCUT2D eigenvalue weighted by Crippen LogP contribution is 2.25. The third kappa shape index (κ3) is 1.66. The number of imidazole rings is 1. The summed E-state index contributed by atoms with van der Waals surface area (Å²) in [5.74, 6) is 0.207. The smallest absolute Gasteiger partial charge is 0.261 e. The highest BCUT2D eigenvalue weighted by molar-refractivity contribution is 7.15. The summed E-state index contributed by atoms with van der Waals surface area (Å²) in [7, 11) is 0. The maximum Gasteiger partial charge on any atom is 0.261 e. The van der Waals surface area contributed by atoms with Crippen LogP contribution in [0.4, 0.5) is 0 Å². The molecule has 104 valence electrons. The predicted molar refractivity (Wildman–Crippen MR) is 78.5 cm³/mol. The van der Waals surface area contributed by atoms with Gasteiger partial charge in [-0.15, -0.1) is 11.3 Å². The van der Waals surface area contributed by atoms with Crippen LogP contribution >= 0.6 is 11.3 Å². The minimum absolute atomic E-state index is 0.193. The third-order valence-electron chi connectivity index (χ3n) is 3.68. The van der Waals surface area contributed by atoms with Crippen molar-refractivity contribution in [1.29, 1.82) is 0 Å². The van der Waals surface area contributed by atoms with Crippen molar-refractivity contribution in [2.24, 2.45) is 0 Å². The van der Waals surface area contributed by atoms with Gasteiger partial charge in [0.15, 0.2) is 0 Å². The van der Waals surface area contributed by atoms with Crippen LogP contribution in [-0.2, 0) is 6.54 Å². The standard InChI is InChI=1S/C15H11N3O2S/c1-9-8-21-13-6-16-12(18(9)13)7-17-14(19)10-4-2-3-5-11(10)15(17)20/h2-6,8H,7H2,1H3. The summed E-state index contributed by atoms with van der Waals surface area (Å²) in [6, 6.07) is 6.91. The van der Waals surface area contributed by atoms with Gasteiger partial charge in [0.1, 0.15) is 10.7 Å². The van der Waals surface area contributed by atoms with E-state index in [1.54, 1.807) is 41.8 Å². The highest BCUT2D eigenvalue weighted by atomic mass is 32.1. The lowest BCUT2D eigenvalue weighted by atomic mass is 10.1. The van der Waals surface area contributed by atoms with Crippen LogP contribution in [0.25, 0.3) is 4.83 Å². The molecule has 6 heteroatoms. The average Bonchev–Trinajstić information content (AvgIpc) is 3.13. The maximum absolute atomic E-state index is 12.4. The van der Waals surface area contributed by atoms with Gasteiger partial charge in [0.05, 0.1) is 23.9 Å². The number of rotatable bonds is 2. The number of aryl methyl sites for hydroxylation is 1. The molecule has 3 heterocycles. The number of carbonyl (C=O) groups is 2. The Labute approximate surface area is 124 Å². The molecule has 0 atom stereocenters. The summed E-state index contributed by atoms with van der Waals surface area (Å²) in [4.78, 5) is 31.3. The molecule has 1 aliphatic rings. The first kappa shape index (κ1) is 12.3. The second-order valence-electron chi connectivity index (χ2n) is 4.97. The summed E-state index contributed by atoms with van der Waals surface area (Å²) >= 11 is 1.59. The van der Waals surface area contributed by atoms with E-state index in [0.29, 0.717) is 17.0 Å². The van der Waals surface area contributed by atoms with Gasteiger partial charge in [-0.25, -0.2) is 4.98 Å². The van der Waals surface area contributed by atoms with Crippen molar-refractivity contribution in [3.8, 4) is 0 Å². The number of thiazole rings is 1. The van der Waals surface area contributed by atoms with E-state index in [4.69, 9.17) is 0 Å². The molecule has 0 fully saturated rings. The van der Waals surface area contributed by atoms with Crippen LogP contribution in [0.1, 0.15) is 32.2 Å². The van der Waals surface area contributed by atoms with E-state index in [0.717, 1.165) is 10.5 Å². The van der Waals surface area contributed by atoms with Crippen LogP contribution in [0.2, 0.25) is 0 Å². The van der Waals surface area contributed by atoms with Crippen molar-refractivity contribution in [2.75, 3.05) is 0 Å². The molecule has 3 aromatic rings. The number of nitrogens with zero attached hydrogens (tertiary/aromatic N) is 3. The highest BCUT2D eigenvalue weighted by Gasteiger charge is 2.35. The molecule has 0 bridgehead atoms. The number of aromatic nitrogens is 2. The summed E-state index contributed by atoms with van der Waals surface area (Å²) in [6.07, 6.45) is 1.77. The summed E-state index contributed by atoms with van der Waals surface area (Å²) in [5.41, 5.74) is 1.99. The van der Waals surface area contributed by atoms with Gasteiger partial charge in [0, 0.05) is 11.1 Å². The van der Waals surface area contributed by atoms with Crippen molar-refractivity contribution >= 4 is 28.0 Å². The first-order chi connectivity index (χ1) is 10.2. The van der Waals surface area contributed by atoms with Gasteiger partial charge in [-0.1, -0.05) is 12.1 Å². The normalized spacial score (nSPS) is 14.2. The van der Waals surface area contributed by atoms with E-state index in [1.807, 2.05) is 16.7 Å². The first-order valence-corrected chi connectivity index (χ1v) is 7.40. The summed E-state index contributed by atoms with van der Waals surface area (Å²) in [5, 5.41) is 2.03. The van der Waals surface area contributed by atoms with Gasteiger partial charge in [-0.05, 0) is 19.1 Å². The predicted octanol–water partition coefficient (Wildman–Crippen LogP) is 2.50. The number of benzene rings is 1. The minimum Gasteiger partial charge on any atom is -0.290 e. The van der Waals surface area contributed by atoms with Crippen LogP contribution in [0.5, 0.6) is 0 Å². The molecule has 0 N–H and O–H groups in total. The molecule has 2 amide bonds. The van der Waals surface area contributed by atoms with Gasteiger partial charge in [-0.3, -0.25) is 18.9 Å². The van der Waals surface area contributed by atoms with E-state index < -0.39 is 0 Å². The fraction of sp³-hybridized carbons (Fsp3) is 0.133. The number of imide groups is 1. The minimum atomic E-state index is -0.250. The van der Waals surface area contributed by atoms with Gasteiger partial charge in [-0.2, -0.15) is 0 Å². The summed E-state index contributed by atoms with van der Waals surface area (Å²) in [6.45, 7) is 2.18. The number of hydrogen-bond acceptors (Lipinski definition) is 4. The number of fused-ring (bicyclic) bond motifs is 2. The van der Waals surface area contributed by atoms with E-state index in [1.165, 1.54) is 4.90 Å². The van der Waals surface area contributed by atoms with Crippen LogP contribution in [-0.4, -0.2) is 26.1 Å². The van der Waals surface area contributed by atoms with Crippen molar-refractivity contribution in [2.45, 2.75) is 13.5 Å². The zero-order valence-electron chi connectivity index (χ0n) is 11.2. The molecular weight excluding hydrogens is 286 g/mol. The molecule has 4 rings (SSSR count). The molecular formula is C15H11N3O2S. The van der Waals surface area contributed by atoms with E-state index in [-0.39, 0.29) is 18.4 Å². The second kappa shape index (κ2) is 4.26. The Hall–Kier alpha value is -2.47. The van der Waals surface area contributed by atoms with Crippen molar-refractivity contribution in [1.82, 2.24) is 14.3 Å². The zero-order valence-corrected chi connectivity index (χ0v) is 12.1. The van der Waals surface area contributed by atoms with E-state index in [2.05, 4.69) is 4.98 Å². The molecule has 0 spiro atoms. The topological polar surface area (TPSA) is 54.7 Å². The van der Waals surface area contributed by atoms with Crippen LogP contribution < -0.4 is 0 Å². The van der Waals surface area contributed by atoms with Gasteiger partial charge in [0.2, 0.25) is 0 Å². The van der Waals surface area contributed by atoms with Crippen molar-refractivity contribution < 1.29 is 9.59 Å². The molecule has 0 radical (unpaired) electrons. The van der Waals surface area contributed by atoms with Gasteiger partial charge < -0.3 is 0 Å². The molecule has 21 heavy (non-hydrogen) atoms. The van der Waals surface area contributed by atoms with E-state index in [9.17, 15) is 9.59 Å². The number of carbonyl (C=O) groups excluding carboxylic acids is 2. The van der Waals surface area contributed by atoms with Crippen molar-refractivity contribution in [3.05, 3.63) is 58.5 Å². The Morgan fingerprint density at radius 3 is 2.48 bits per heavy atom. The van der Waals surface area contributed by atoms with Gasteiger partial charge >= 0.3 is 0 Å². The number of amides is 2. The molecule has 0 aliphatic carbocycles. The van der Waals surface area contributed by atoms with Gasteiger partial charge in [0.25, 0.3) is 11.8 Å². The largest absolute Gasteiger partial charge is 0.290 e. The quantitative estimate of drug-likeness (QED) is 0.683. The molecule has 1 aliphatic heterocycles. The fourth-order valence-corrected chi connectivity index (χ4v) is 3.53. The second-order valence-corrected chi connectivity index (χ2v) is 5.86. The molecule has 2 aromatic heterocycles. The van der Waals surface area contributed by atoms with Crippen LogP contribution in [0, 0.1) is 6.92 Å². The van der Waals surface area contributed by atoms with Crippen LogP contribution in [0.15, 0.2) is 35.8 Å². The van der Waals surface area contributed by atoms with E-state index >= 15 is 0 Å². The Balaban J connectivity index is 1.75. The average molecular weight is 297 g/mol. The summed E-state index contributed by atoms with van der Waals surface area (Å²) < 4.78 is 1.98. The monoisotopic (exact) mass is 297 g/mol. The first-order valence-electron chi connectivity index (χ1n) is 6.52. The van der Waals surface area contributed by atoms with Crippen LogP contribution in [0.3, 0.4) is 0 Å². The maximum atomic E-state index is 12.4. The number of hydrogen-bond donors (Lipinski definition) is 0. The lowest BCUT2D eigenvalue weighted by molar-refractivity contribution is 0.0638. The molecule has 0 unspecified atom stereocenters. The lowest BCUT2D eigenvalue weighted by Crippen LogP contribution is -2.30. The van der Waals surface area contributed by atoms with Crippen molar-refractivity contribution in [3.63, 3.8) is 0 Å².